The number of carbonyl (C=O) groups is 1. The summed E-state index contributed by atoms with van der Waals surface area (Å²) in [7, 11) is -2.88. The molecular formula is C16H15F3N2O4S. The number of amides is 1. The van der Waals surface area contributed by atoms with Crippen molar-refractivity contribution >= 4 is 21.6 Å². The molecule has 0 aliphatic heterocycles. The third kappa shape index (κ3) is 4.96. The van der Waals surface area contributed by atoms with Crippen LogP contribution >= 0.6 is 0 Å². The molecule has 0 aliphatic rings. The Morgan fingerprint density at radius 2 is 1.81 bits per heavy atom. The fraction of sp³-hybridized carbons (Fsp3) is 0.188. The van der Waals surface area contributed by atoms with E-state index in [1.165, 1.54) is 7.11 Å². The van der Waals surface area contributed by atoms with Gasteiger partial charge >= 0.3 is 6.18 Å². The van der Waals surface area contributed by atoms with Crippen LogP contribution in [0.25, 0.3) is 0 Å². The van der Waals surface area contributed by atoms with Crippen LogP contribution in [0.3, 0.4) is 0 Å². The normalized spacial score (nSPS) is 11.8. The van der Waals surface area contributed by atoms with Gasteiger partial charge in [0.1, 0.15) is 5.75 Å². The molecule has 140 valence electrons. The minimum atomic E-state index is -4.67. The number of alkyl halides is 3. The summed E-state index contributed by atoms with van der Waals surface area (Å²) in [5.74, 6) is -0.327. The summed E-state index contributed by atoms with van der Waals surface area (Å²) >= 11 is 0. The monoisotopic (exact) mass is 388 g/mol. The Morgan fingerprint density at radius 3 is 2.46 bits per heavy atom. The Kier molecular flexibility index (Phi) is 5.88. The number of hydrogen-bond donors (Lipinski definition) is 2. The minimum Gasteiger partial charge on any atom is -0.495 e. The molecule has 2 N–H and O–H groups in total. The van der Waals surface area contributed by atoms with Crippen molar-refractivity contribution in [1.29, 1.82) is 0 Å². The molecule has 0 atom stereocenters. The highest BCUT2D eigenvalue weighted by Gasteiger charge is 2.31. The predicted molar refractivity (Wildman–Crippen MR) is 88.3 cm³/mol. The maximum atomic E-state index is 12.7. The smallest absolute Gasteiger partial charge is 0.416 e. The summed E-state index contributed by atoms with van der Waals surface area (Å²) in [5, 5.41) is 2.45. The van der Waals surface area contributed by atoms with E-state index in [1.54, 1.807) is 24.3 Å². The molecule has 0 heterocycles. The topological polar surface area (TPSA) is 84.5 Å². The second-order valence-electron chi connectivity index (χ2n) is 5.10. The van der Waals surface area contributed by atoms with Crippen LogP contribution in [0.2, 0.25) is 0 Å². The van der Waals surface area contributed by atoms with E-state index >= 15 is 0 Å². The summed E-state index contributed by atoms with van der Waals surface area (Å²) in [5.41, 5.74) is -0.767. The molecule has 2 aromatic carbocycles. The van der Waals surface area contributed by atoms with Gasteiger partial charge in [-0.25, -0.2) is 13.1 Å². The molecule has 0 saturated heterocycles. The van der Waals surface area contributed by atoms with Gasteiger partial charge in [0.05, 0.1) is 29.8 Å². The van der Waals surface area contributed by atoms with Gasteiger partial charge in [0, 0.05) is 0 Å². The molecule has 0 saturated carbocycles. The van der Waals surface area contributed by atoms with Gasteiger partial charge in [0.25, 0.3) is 0 Å². The average Bonchev–Trinajstić information content (AvgIpc) is 2.60. The zero-order chi connectivity index (χ0) is 19.4. The lowest BCUT2D eigenvalue weighted by atomic mass is 10.2. The first-order valence-corrected chi connectivity index (χ1v) is 8.71. The van der Waals surface area contributed by atoms with Gasteiger partial charge in [-0.2, -0.15) is 13.2 Å². The Bertz CT molecular complexity index is 898. The van der Waals surface area contributed by atoms with Crippen LogP contribution < -0.4 is 14.8 Å². The number of methoxy groups -OCH3 is 1. The number of para-hydroxylation sites is 2. The number of carbonyl (C=O) groups excluding carboxylic acids is 1. The quantitative estimate of drug-likeness (QED) is 0.797. The van der Waals surface area contributed by atoms with E-state index < -0.39 is 39.1 Å². The Hall–Kier alpha value is -2.59. The van der Waals surface area contributed by atoms with Gasteiger partial charge in [-0.05, 0) is 30.3 Å². The summed E-state index contributed by atoms with van der Waals surface area (Å²) in [6.45, 7) is -0.656. The molecule has 2 aromatic rings. The molecule has 0 unspecified atom stereocenters. The lowest BCUT2D eigenvalue weighted by Crippen LogP contribution is -2.33. The number of benzene rings is 2. The maximum Gasteiger partial charge on any atom is 0.416 e. The zero-order valence-electron chi connectivity index (χ0n) is 13.5. The molecule has 0 spiro atoms. The third-order valence-electron chi connectivity index (χ3n) is 3.28. The molecule has 2 rings (SSSR count). The summed E-state index contributed by atoms with van der Waals surface area (Å²) in [6, 6.07) is 9.73. The summed E-state index contributed by atoms with van der Waals surface area (Å²) in [6.07, 6.45) is -4.67. The minimum absolute atomic E-state index is 0.332. The number of rotatable bonds is 6. The number of ether oxygens (including phenoxy) is 1. The number of hydrogen-bond acceptors (Lipinski definition) is 4. The van der Waals surface area contributed by atoms with Crippen molar-refractivity contribution < 1.29 is 31.1 Å². The Balaban J connectivity index is 2.07. The highest BCUT2D eigenvalue weighted by molar-refractivity contribution is 7.89. The van der Waals surface area contributed by atoms with E-state index in [2.05, 4.69) is 5.32 Å². The van der Waals surface area contributed by atoms with Gasteiger partial charge < -0.3 is 10.1 Å². The van der Waals surface area contributed by atoms with Crippen molar-refractivity contribution in [2.24, 2.45) is 0 Å². The van der Waals surface area contributed by atoms with Crippen molar-refractivity contribution in [3.05, 3.63) is 54.1 Å². The van der Waals surface area contributed by atoms with Crippen LogP contribution in [-0.4, -0.2) is 28.0 Å². The first kappa shape index (κ1) is 19.7. The van der Waals surface area contributed by atoms with Crippen molar-refractivity contribution in [2.75, 3.05) is 19.0 Å². The van der Waals surface area contributed by atoms with E-state index in [4.69, 9.17) is 4.74 Å². The second-order valence-corrected chi connectivity index (χ2v) is 6.87. The average molecular weight is 388 g/mol. The van der Waals surface area contributed by atoms with E-state index in [-0.39, 0.29) is 0 Å². The predicted octanol–water partition coefficient (Wildman–Crippen LogP) is 2.63. The number of nitrogens with one attached hydrogen (secondary N) is 2. The first-order valence-electron chi connectivity index (χ1n) is 7.23. The fourth-order valence-electron chi connectivity index (χ4n) is 2.03. The van der Waals surface area contributed by atoms with Crippen molar-refractivity contribution in [3.8, 4) is 5.75 Å². The molecule has 0 aliphatic carbocycles. The highest BCUT2D eigenvalue weighted by atomic mass is 32.2. The van der Waals surface area contributed by atoms with E-state index in [0.717, 1.165) is 18.2 Å². The SMILES string of the molecule is COc1ccccc1NC(=O)CNS(=O)(=O)c1cccc(C(F)(F)F)c1. The number of sulfonamides is 1. The van der Waals surface area contributed by atoms with Gasteiger partial charge in [-0.15, -0.1) is 0 Å². The molecular weight excluding hydrogens is 373 g/mol. The zero-order valence-corrected chi connectivity index (χ0v) is 14.3. The van der Waals surface area contributed by atoms with Crippen LogP contribution in [0.15, 0.2) is 53.4 Å². The van der Waals surface area contributed by atoms with E-state index in [9.17, 15) is 26.4 Å². The first-order chi connectivity index (χ1) is 12.1. The molecule has 0 fully saturated rings. The Morgan fingerprint density at radius 1 is 1.12 bits per heavy atom. The van der Waals surface area contributed by atoms with Crippen LogP contribution in [0.1, 0.15) is 5.56 Å². The standard InChI is InChI=1S/C16H15F3N2O4S/c1-25-14-8-3-2-7-13(14)21-15(22)10-20-26(23,24)12-6-4-5-11(9-12)16(17,18)19/h2-9,20H,10H2,1H3,(H,21,22). The van der Waals surface area contributed by atoms with Crippen molar-refractivity contribution in [3.63, 3.8) is 0 Å². The largest absolute Gasteiger partial charge is 0.495 e. The number of halogens is 3. The Labute approximate surface area is 148 Å². The van der Waals surface area contributed by atoms with Crippen LogP contribution in [0.5, 0.6) is 5.75 Å². The van der Waals surface area contributed by atoms with Crippen LogP contribution in [-0.2, 0) is 21.0 Å². The van der Waals surface area contributed by atoms with E-state index in [1.807, 2.05) is 4.72 Å². The van der Waals surface area contributed by atoms with Crippen molar-refractivity contribution in [1.82, 2.24) is 4.72 Å². The molecule has 0 bridgehead atoms. The van der Waals surface area contributed by atoms with Crippen molar-refractivity contribution in [2.45, 2.75) is 11.1 Å². The highest BCUT2D eigenvalue weighted by Crippen LogP contribution is 2.30. The molecule has 26 heavy (non-hydrogen) atoms. The third-order valence-corrected chi connectivity index (χ3v) is 4.67. The lowest BCUT2D eigenvalue weighted by Gasteiger charge is -2.12. The molecule has 10 heteroatoms. The second kappa shape index (κ2) is 7.75. The van der Waals surface area contributed by atoms with Gasteiger partial charge in [0.15, 0.2) is 0 Å². The number of anilines is 1. The molecule has 0 aromatic heterocycles. The van der Waals surface area contributed by atoms with E-state index in [0.29, 0.717) is 17.5 Å². The molecule has 1 amide bonds. The lowest BCUT2D eigenvalue weighted by molar-refractivity contribution is -0.137. The van der Waals surface area contributed by atoms with Gasteiger partial charge in [-0.3, -0.25) is 4.79 Å². The summed E-state index contributed by atoms with van der Waals surface area (Å²) < 4.78 is 69.3. The fourth-order valence-corrected chi connectivity index (χ4v) is 3.05. The van der Waals surface area contributed by atoms with Crippen LogP contribution in [0.4, 0.5) is 18.9 Å². The van der Waals surface area contributed by atoms with Gasteiger partial charge in [-0.1, -0.05) is 18.2 Å². The summed E-state index contributed by atoms with van der Waals surface area (Å²) in [4.78, 5) is 11.3. The molecule has 6 nitrogen and oxygen atoms in total. The molecule has 0 radical (unpaired) electrons. The maximum absolute atomic E-state index is 12.7. The van der Waals surface area contributed by atoms with Gasteiger partial charge in [0.2, 0.25) is 15.9 Å². The van der Waals surface area contributed by atoms with Crippen LogP contribution in [0, 0.1) is 0 Å².